The van der Waals surface area contributed by atoms with Gasteiger partial charge in [0.15, 0.2) is 0 Å². The Morgan fingerprint density at radius 3 is 2.50 bits per heavy atom. The predicted octanol–water partition coefficient (Wildman–Crippen LogP) is -0.600. The van der Waals surface area contributed by atoms with Crippen LogP contribution in [0.5, 0.6) is 0 Å². The molecule has 3 N–H and O–H groups in total. The second-order valence-corrected chi connectivity index (χ2v) is 3.25. The van der Waals surface area contributed by atoms with E-state index < -0.39 is 0 Å². The minimum atomic E-state index is -0.331. The van der Waals surface area contributed by atoms with Gasteiger partial charge in [-0.25, -0.2) is 0 Å². The number of aliphatic hydroxyl groups is 1. The lowest BCUT2D eigenvalue weighted by atomic mass is 10.2. The molecule has 14 heavy (non-hydrogen) atoms. The second-order valence-electron chi connectivity index (χ2n) is 3.25. The van der Waals surface area contributed by atoms with Crippen molar-refractivity contribution < 1.29 is 14.7 Å². The fraction of sp³-hybridized carbons (Fsp3) is 0.778. The fourth-order valence-electron chi connectivity index (χ4n) is 0.893. The minimum absolute atomic E-state index is 0.0179. The maximum absolute atomic E-state index is 11.0. The molecule has 5 nitrogen and oxygen atoms in total. The summed E-state index contributed by atoms with van der Waals surface area (Å²) in [6.45, 7) is 3.62. The summed E-state index contributed by atoms with van der Waals surface area (Å²) in [5.41, 5.74) is 0. The van der Waals surface area contributed by atoms with Crippen LogP contribution in [-0.4, -0.2) is 36.1 Å². The van der Waals surface area contributed by atoms with Gasteiger partial charge in [0, 0.05) is 13.5 Å². The monoisotopic (exact) mass is 202 g/mol. The molecule has 2 amide bonds. The van der Waals surface area contributed by atoms with Crippen molar-refractivity contribution in [1.82, 2.24) is 10.6 Å². The van der Waals surface area contributed by atoms with E-state index in [9.17, 15) is 9.59 Å². The molecule has 0 spiro atoms. The van der Waals surface area contributed by atoms with Crippen LogP contribution in [0.15, 0.2) is 0 Å². The molecule has 0 aliphatic rings. The van der Waals surface area contributed by atoms with E-state index in [1.54, 1.807) is 6.92 Å². The van der Waals surface area contributed by atoms with Crippen molar-refractivity contribution in [3.8, 4) is 0 Å². The highest BCUT2D eigenvalue weighted by Gasteiger charge is 2.01. The molecule has 1 unspecified atom stereocenters. The van der Waals surface area contributed by atoms with Crippen molar-refractivity contribution in [1.29, 1.82) is 0 Å². The summed E-state index contributed by atoms with van der Waals surface area (Å²) in [4.78, 5) is 21.4. The summed E-state index contributed by atoms with van der Waals surface area (Å²) in [5.74, 6) is -0.421. The average Bonchev–Trinajstić information content (AvgIpc) is 2.08. The summed E-state index contributed by atoms with van der Waals surface area (Å²) in [6, 6.07) is 0. The number of aliphatic hydroxyl groups excluding tert-OH is 1. The fourth-order valence-corrected chi connectivity index (χ4v) is 0.893. The van der Waals surface area contributed by atoms with Crippen molar-refractivity contribution in [2.75, 3.05) is 13.1 Å². The van der Waals surface area contributed by atoms with Crippen LogP contribution in [0.25, 0.3) is 0 Å². The Morgan fingerprint density at radius 1 is 1.36 bits per heavy atom. The molecular formula is C9H18N2O3. The number of rotatable bonds is 6. The van der Waals surface area contributed by atoms with Crippen LogP contribution in [-0.2, 0) is 9.59 Å². The molecule has 5 heteroatoms. The smallest absolute Gasteiger partial charge is 0.239 e. The molecule has 0 radical (unpaired) electrons. The van der Waals surface area contributed by atoms with Gasteiger partial charge in [-0.05, 0) is 19.8 Å². The standard InChI is InChI=1S/C9H18N2O3/c1-7(12)4-3-5-10-9(14)6-11-8(2)13/h7,12H,3-6H2,1-2H3,(H,10,14)(H,11,13). The maximum atomic E-state index is 11.0. The molecule has 0 fully saturated rings. The van der Waals surface area contributed by atoms with Gasteiger partial charge in [0.25, 0.3) is 0 Å². The van der Waals surface area contributed by atoms with Gasteiger partial charge >= 0.3 is 0 Å². The van der Waals surface area contributed by atoms with Gasteiger partial charge in [-0.2, -0.15) is 0 Å². The third-order valence-corrected chi connectivity index (χ3v) is 1.62. The Balaban J connectivity index is 3.31. The molecule has 0 heterocycles. The predicted molar refractivity (Wildman–Crippen MR) is 52.6 cm³/mol. The molecule has 0 aliphatic carbocycles. The van der Waals surface area contributed by atoms with Gasteiger partial charge in [0.1, 0.15) is 0 Å². The van der Waals surface area contributed by atoms with Crippen LogP contribution < -0.4 is 10.6 Å². The Hall–Kier alpha value is -1.10. The second kappa shape index (κ2) is 7.32. The van der Waals surface area contributed by atoms with Crippen molar-refractivity contribution >= 4 is 11.8 Å². The number of amides is 2. The lowest BCUT2D eigenvalue weighted by molar-refractivity contribution is -0.125. The van der Waals surface area contributed by atoms with Crippen molar-refractivity contribution in [3.05, 3.63) is 0 Å². The Morgan fingerprint density at radius 2 is 2.00 bits per heavy atom. The zero-order chi connectivity index (χ0) is 11.0. The molecule has 0 aromatic carbocycles. The maximum Gasteiger partial charge on any atom is 0.239 e. The lowest BCUT2D eigenvalue weighted by Crippen LogP contribution is -2.36. The molecule has 0 saturated carbocycles. The van der Waals surface area contributed by atoms with Crippen LogP contribution in [0.2, 0.25) is 0 Å². The summed E-state index contributed by atoms with van der Waals surface area (Å²) >= 11 is 0. The lowest BCUT2D eigenvalue weighted by Gasteiger charge is -2.06. The van der Waals surface area contributed by atoms with Gasteiger partial charge in [-0.1, -0.05) is 0 Å². The molecule has 0 aliphatic heterocycles. The van der Waals surface area contributed by atoms with Crippen molar-refractivity contribution in [3.63, 3.8) is 0 Å². The number of carbonyl (C=O) groups is 2. The zero-order valence-electron chi connectivity index (χ0n) is 8.67. The van der Waals surface area contributed by atoms with Crippen LogP contribution in [0, 0.1) is 0 Å². The third-order valence-electron chi connectivity index (χ3n) is 1.62. The number of carbonyl (C=O) groups excluding carboxylic acids is 2. The molecule has 0 saturated heterocycles. The third kappa shape index (κ3) is 8.99. The van der Waals surface area contributed by atoms with E-state index in [0.29, 0.717) is 13.0 Å². The largest absolute Gasteiger partial charge is 0.393 e. The van der Waals surface area contributed by atoms with Gasteiger partial charge in [-0.15, -0.1) is 0 Å². The Bertz CT molecular complexity index is 192. The van der Waals surface area contributed by atoms with E-state index in [1.807, 2.05) is 0 Å². The van der Waals surface area contributed by atoms with Crippen molar-refractivity contribution in [2.24, 2.45) is 0 Å². The topological polar surface area (TPSA) is 78.4 Å². The SMILES string of the molecule is CC(=O)NCC(=O)NCCCC(C)O. The number of hydrogen-bond acceptors (Lipinski definition) is 3. The quantitative estimate of drug-likeness (QED) is 0.503. The van der Waals surface area contributed by atoms with Gasteiger partial charge in [0.2, 0.25) is 11.8 Å². The van der Waals surface area contributed by atoms with Crippen LogP contribution >= 0.6 is 0 Å². The van der Waals surface area contributed by atoms with Gasteiger partial charge in [0.05, 0.1) is 12.6 Å². The first-order valence-electron chi connectivity index (χ1n) is 4.71. The average molecular weight is 202 g/mol. The van der Waals surface area contributed by atoms with E-state index in [0.717, 1.165) is 6.42 Å². The summed E-state index contributed by atoms with van der Waals surface area (Å²) in [6.07, 6.45) is 1.08. The Kier molecular flexibility index (Phi) is 6.74. The summed E-state index contributed by atoms with van der Waals surface area (Å²) < 4.78 is 0. The molecule has 0 aromatic heterocycles. The summed E-state index contributed by atoms with van der Waals surface area (Å²) in [5, 5.41) is 13.9. The molecule has 1 atom stereocenters. The van der Waals surface area contributed by atoms with E-state index in [2.05, 4.69) is 10.6 Å². The normalized spacial score (nSPS) is 11.9. The number of hydrogen-bond donors (Lipinski definition) is 3. The van der Waals surface area contributed by atoms with Crippen LogP contribution in [0.1, 0.15) is 26.7 Å². The molecule has 82 valence electrons. The highest BCUT2D eigenvalue weighted by molar-refractivity contribution is 5.83. The van der Waals surface area contributed by atoms with Gasteiger partial charge < -0.3 is 15.7 Å². The van der Waals surface area contributed by atoms with Crippen LogP contribution in [0.3, 0.4) is 0 Å². The number of nitrogens with one attached hydrogen (secondary N) is 2. The zero-order valence-corrected chi connectivity index (χ0v) is 8.67. The summed E-state index contributed by atoms with van der Waals surface area (Å²) in [7, 11) is 0. The van der Waals surface area contributed by atoms with E-state index in [1.165, 1.54) is 6.92 Å². The minimum Gasteiger partial charge on any atom is -0.393 e. The molecule has 0 bridgehead atoms. The first-order valence-corrected chi connectivity index (χ1v) is 4.71. The first-order chi connectivity index (χ1) is 6.52. The molecular weight excluding hydrogens is 184 g/mol. The van der Waals surface area contributed by atoms with Crippen LogP contribution in [0.4, 0.5) is 0 Å². The van der Waals surface area contributed by atoms with E-state index in [4.69, 9.17) is 5.11 Å². The molecule has 0 rings (SSSR count). The van der Waals surface area contributed by atoms with E-state index >= 15 is 0 Å². The first kappa shape index (κ1) is 12.9. The molecule has 0 aromatic rings. The Labute approximate surface area is 83.9 Å². The van der Waals surface area contributed by atoms with Gasteiger partial charge in [-0.3, -0.25) is 9.59 Å². The highest BCUT2D eigenvalue weighted by atomic mass is 16.3. The highest BCUT2D eigenvalue weighted by Crippen LogP contribution is 1.92. The van der Waals surface area contributed by atoms with E-state index in [-0.39, 0.29) is 24.5 Å². The van der Waals surface area contributed by atoms with Crippen molar-refractivity contribution in [2.45, 2.75) is 32.8 Å².